The SMILES string of the molecule is CCC(C)NC(=O)C(C)NC(=O)CSc1ccc(Br)cc1C. The van der Waals surface area contributed by atoms with E-state index in [4.69, 9.17) is 0 Å². The summed E-state index contributed by atoms with van der Waals surface area (Å²) in [6.07, 6.45) is 0.866. The van der Waals surface area contributed by atoms with E-state index in [2.05, 4.69) is 26.6 Å². The van der Waals surface area contributed by atoms with Crippen LogP contribution in [0.4, 0.5) is 0 Å². The highest BCUT2D eigenvalue weighted by atomic mass is 79.9. The first-order valence-corrected chi connectivity index (χ1v) is 9.10. The Morgan fingerprint density at radius 2 is 1.95 bits per heavy atom. The molecule has 0 saturated carbocycles. The monoisotopic (exact) mass is 386 g/mol. The molecule has 2 atom stereocenters. The van der Waals surface area contributed by atoms with Gasteiger partial charge < -0.3 is 10.6 Å². The highest BCUT2D eigenvalue weighted by Crippen LogP contribution is 2.25. The summed E-state index contributed by atoms with van der Waals surface area (Å²) in [6.45, 7) is 7.66. The number of nitrogens with one attached hydrogen (secondary N) is 2. The number of carbonyl (C=O) groups excluding carboxylic acids is 2. The minimum Gasteiger partial charge on any atom is -0.352 e. The zero-order chi connectivity index (χ0) is 16.7. The number of amides is 2. The molecule has 122 valence electrons. The van der Waals surface area contributed by atoms with Gasteiger partial charge in [0.15, 0.2) is 0 Å². The van der Waals surface area contributed by atoms with Crippen molar-refractivity contribution < 1.29 is 9.59 Å². The number of benzene rings is 1. The Kier molecular flexibility index (Phi) is 7.96. The molecule has 0 aliphatic carbocycles. The molecular formula is C16H23BrN2O2S. The first-order chi connectivity index (χ1) is 10.3. The van der Waals surface area contributed by atoms with E-state index in [0.29, 0.717) is 5.75 Å². The van der Waals surface area contributed by atoms with E-state index >= 15 is 0 Å². The molecule has 2 amide bonds. The van der Waals surface area contributed by atoms with Crippen LogP contribution in [0.25, 0.3) is 0 Å². The van der Waals surface area contributed by atoms with Gasteiger partial charge in [0.2, 0.25) is 11.8 Å². The second-order valence-corrected chi connectivity index (χ2v) is 7.24. The van der Waals surface area contributed by atoms with Crippen molar-refractivity contribution in [2.75, 3.05) is 5.75 Å². The smallest absolute Gasteiger partial charge is 0.242 e. The lowest BCUT2D eigenvalue weighted by Crippen LogP contribution is -2.47. The highest BCUT2D eigenvalue weighted by Gasteiger charge is 2.17. The predicted molar refractivity (Wildman–Crippen MR) is 95.1 cm³/mol. The van der Waals surface area contributed by atoms with Gasteiger partial charge in [-0.2, -0.15) is 0 Å². The van der Waals surface area contributed by atoms with Gasteiger partial charge in [-0.05, 0) is 51.0 Å². The first kappa shape index (κ1) is 19.0. The minimum absolute atomic E-state index is 0.117. The third-order valence-corrected chi connectivity index (χ3v) is 4.94. The van der Waals surface area contributed by atoms with Gasteiger partial charge in [0, 0.05) is 15.4 Å². The van der Waals surface area contributed by atoms with E-state index < -0.39 is 6.04 Å². The van der Waals surface area contributed by atoms with Crippen LogP contribution in [-0.2, 0) is 9.59 Å². The number of carbonyl (C=O) groups is 2. The molecule has 0 fully saturated rings. The summed E-state index contributed by atoms with van der Waals surface area (Å²) in [5.74, 6) is 0.00955. The second kappa shape index (κ2) is 9.20. The molecule has 0 aliphatic rings. The van der Waals surface area contributed by atoms with E-state index in [-0.39, 0.29) is 17.9 Å². The Morgan fingerprint density at radius 1 is 1.27 bits per heavy atom. The van der Waals surface area contributed by atoms with Crippen LogP contribution < -0.4 is 10.6 Å². The summed E-state index contributed by atoms with van der Waals surface area (Å²) < 4.78 is 1.02. The number of hydrogen-bond donors (Lipinski definition) is 2. The van der Waals surface area contributed by atoms with Crippen LogP contribution in [-0.4, -0.2) is 29.7 Å². The summed E-state index contributed by atoms with van der Waals surface area (Å²) in [7, 11) is 0. The second-order valence-electron chi connectivity index (χ2n) is 5.31. The van der Waals surface area contributed by atoms with Crippen LogP contribution in [0.3, 0.4) is 0 Å². The Hall–Kier alpha value is -1.01. The summed E-state index contributed by atoms with van der Waals surface area (Å²) in [6, 6.07) is 5.55. The number of halogens is 1. The molecule has 0 saturated heterocycles. The maximum absolute atomic E-state index is 11.9. The van der Waals surface area contributed by atoms with Gasteiger partial charge in [-0.25, -0.2) is 0 Å². The van der Waals surface area contributed by atoms with Crippen molar-refractivity contribution in [1.82, 2.24) is 10.6 Å². The molecule has 22 heavy (non-hydrogen) atoms. The average molecular weight is 387 g/mol. The molecule has 0 aromatic heterocycles. The summed E-state index contributed by atoms with van der Waals surface area (Å²) in [5, 5.41) is 5.59. The molecule has 0 bridgehead atoms. The fraction of sp³-hybridized carbons (Fsp3) is 0.500. The van der Waals surface area contributed by atoms with Gasteiger partial charge in [0.1, 0.15) is 6.04 Å². The van der Waals surface area contributed by atoms with Gasteiger partial charge in [0.05, 0.1) is 5.75 Å². The van der Waals surface area contributed by atoms with E-state index in [0.717, 1.165) is 21.4 Å². The molecule has 0 aliphatic heterocycles. The van der Waals surface area contributed by atoms with Crippen LogP contribution in [0.5, 0.6) is 0 Å². The fourth-order valence-corrected chi connectivity index (χ4v) is 3.03. The van der Waals surface area contributed by atoms with Crippen molar-refractivity contribution in [3.8, 4) is 0 Å². The van der Waals surface area contributed by atoms with Crippen molar-refractivity contribution in [1.29, 1.82) is 0 Å². The van der Waals surface area contributed by atoms with E-state index in [1.807, 2.05) is 39.0 Å². The number of thioether (sulfide) groups is 1. The lowest BCUT2D eigenvalue weighted by Gasteiger charge is -2.17. The van der Waals surface area contributed by atoms with Crippen LogP contribution in [0.15, 0.2) is 27.6 Å². The largest absolute Gasteiger partial charge is 0.352 e. The van der Waals surface area contributed by atoms with E-state index in [1.165, 1.54) is 11.8 Å². The molecule has 0 radical (unpaired) electrons. The predicted octanol–water partition coefficient (Wildman–Crippen LogP) is 3.27. The molecule has 1 aromatic carbocycles. The average Bonchev–Trinajstić information content (AvgIpc) is 2.45. The van der Waals surface area contributed by atoms with Crippen LogP contribution in [0, 0.1) is 6.92 Å². The number of hydrogen-bond acceptors (Lipinski definition) is 3. The van der Waals surface area contributed by atoms with Crippen LogP contribution in [0.1, 0.15) is 32.8 Å². The van der Waals surface area contributed by atoms with Gasteiger partial charge in [-0.3, -0.25) is 9.59 Å². The lowest BCUT2D eigenvalue weighted by molar-refractivity contribution is -0.127. The Balaban J connectivity index is 2.44. The quantitative estimate of drug-likeness (QED) is 0.706. The number of rotatable bonds is 7. The van der Waals surface area contributed by atoms with Crippen molar-refractivity contribution in [3.63, 3.8) is 0 Å². The minimum atomic E-state index is -0.520. The summed E-state index contributed by atoms with van der Waals surface area (Å²) in [5.41, 5.74) is 1.12. The third kappa shape index (κ3) is 6.40. The molecule has 0 spiro atoms. The summed E-state index contributed by atoms with van der Waals surface area (Å²) in [4.78, 5) is 24.9. The molecule has 2 unspecified atom stereocenters. The molecule has 1 rings (SSSR count). The molecule has 6 heteroatoms. The normalized spacial score (nSPS) is 13.3. The van der Waals surface area contributed by atoms with E-state index in [9.17, 15) is 9.59 Å². The fourth-order valence-electron chi connectivity index (χ4n) is 1.74. The third-order valence-electron chi connectivity index (χ3n) is 3.27. The van der Waals surface area contributed by atoms with Crippen molar-refractivity contribution in [3.05, 3.63) is 28.2 Å². The highest BCUT2D eigenvalue weighted by molar-refractivity contribution is 9.10. The topological polar surface area (TPSA) is 58.2 Å². The van der Waals surface area contributed by atoms with Gasteiger partial charge >= 0.3 is 0 Å². The molecule has 0 heterocycles. The van der Waals surface area contributed by atoms with E-state index in [1.54, 1.807) is 6.92 Å². The molecule has 4 nitrogen and oxygen atoms in total. The number of aryl methyl sites for hydroxylation is 1. The summed E-state index contributed by atoms with van der Waals surface area (Å²) >= 11 is 4.89. The zero-order valence-electron chi connectivity index (χ0n) is 13.4. The molecular weight excluding hydrogens is 364 g/mol. The van der Waals surface area contributed by atoms with Crippen LogP contribution in [0.2, 0.25) is 0 Å². The molecule has 2 N–H and O–H groups in total. The molecule has 1 aromatic rings. The Labute approximate surface area is 144 Å². The van der Waals surface area contributed by atoms with Gasteiger partial charge in [-0.1, -0.05) is 22.9 Å². The van der Waals surface area contributed by atoms with Crippen molar-refractivity contribution in [2.45, 2.75) is 51.1 Å². The van der Waals surface area contributed by atoms with Gasteiger partial charge in [0.25, 0.3) is 0 Å². The lowest BCUT2D eigenvalue weighted by atomic mass is 10.2. The van der Waals surface area contributed by atoms with Crippen molar-refractivity contribution >= 4 is 39.5 Å². The Bertz CT molecular complexity index is 537. The maximum atomic E-state index is 11.9. The Morgan fingerprint density at radius 3 is 2.55 bits per heavy atom. The maximum Gasteiger partial charge on any atom is 0.242 e. The van der Waals surface area contributed by atoms with Gasteiger partial charge in [-0.15, -0.1) is 11.8 Å². The van der Waals surface area contributed by atoms with Crippen molar-refractivity contribution in [2.24, 2.45) is 0 Å². The first-order valence-electron chi connectivity index (χ1n) is 7.32. The van der Waals surface area contributed by atoms with Crippen LogP contribution >= 0.6 is 27.7 Å². The zero-order valence-corrected chi connectivity index (χ0v) is 15.8. The standard InChI is InChI=1S/C16H23BrN2O2S/c1-5-11(3)18-16(21)12(4)19-15(20)9-22-14-7-6-13(17)8-10(14)2/h6-8,11-12H,5,9H2,1-4H3,(H,18,21)(H,19,20).